The van der Waals surface area contributed by atoms with Crippen LogP contribution in [0.25, 0.3) is 0 Å². The molecule has 0 saturated carbocycles. The van der Waals surface area contributed by atoms with E-state index in [9.17, 15) is 70.6 Å². The summed E-state index contributed by atoms with van der Waals surface area (Å²) >= 11 is 5.69. The van der Waals surface area contributed by atoms with Gasteiger partial charge in [-0.1, -0.05) is 82.4 Å². The number of unbranched alkanes of at least 4 members (excludes halogenated alkanes) is 9. The van der Waals surface area contributed by atoms with E-state index in [1.807, 2.05) is 0 Å². The van der Waals surface area contributed by atoms with Crippen LogP contribution in [0.1, 0.15) is 92.6 Å². The molecule has 66 heavy (non-hydrogen) atoms. The SMILES string of the molecule is CCCCCCCCCCCCOP(=O)(O)O[C@H]1O[C@H](C(N)=O)[C@@H](O)[C@H](NC(=O)Nc2ccc(Cl)c(C(F)(F)F)c2)[C@H]1O[C@@H]1O[C@H](CO)[C@@H](O)[C@H](O)[C@H]1NC(=O)c1cccc(C(F)(F)F)c1. The number of halogens is 7. The van der Waals surface area contributed by atoms with Gasteiger partial charge in [-0.15, -0.1) is 0 Å². The van der Waals surface area contributed by atoms with Gasteiger partial charge in [-0.05, 0) is 42.8 Å². The third-order valence-electron chi connectivity index (χ3n) is 10.6. The van der Waals surface area contributed by atoms with Crippen LogP contribution >= 0.6 is 19.4 Å². The molecule has 0 aliphatic carbocycles. The Labute approximate surface area is 380 Å². The zero-order valence-corrected chi connectivity index (χ0v) is 37.0. The summed E-state index contributed by atoms with van der Waals surface area (Å²) in [5, 5.41) is 49.0. The quantitative estimate of drug-likeness (QED) is 0.0421. The van der Waals surface area contributed by atoms with Crippen LogP contribution in [-0.4, -0.2) is 118 Å². The molecule has 0 bridgehead atoms. The van der Waals surface area contributed by atoms with E-state index in [0.717, 1.165) is 75.6 Å². The number of rotatable bonds is 22. The van der Waals surface area contributed by atoms with Crippen LogP contribution in [0.2, 0.25) is 5.02 Å². The van der Waals surface area contributed by atoms with Crippen molar-refractivity contribution >= 4 is 43.0 Å². The summed E-state index contributed by atoms with van der Waals surface area (Å²) < 4.78 is 122. The standard InChI is InChI=1S/C40H54ClF6N4O14P/c1-2-3-4-5-6-7-8-9-10-11-17-61-66(59,60)65-37-32(27(31(55)33(64-37)34(48)56)51-38(58)49-23-15-16-25(41)24(19-23)40(45,46)47)63-36-28(30(54)29(53)26(20-52)62-36)50-35(57)21-13-12-14-22(18-21)39(42,43)44/h12-16,18-19,26-33,36-37,52-55H,2-11,17,20H2,1H3,(H2,48,56)(H,50,57)(H,59,60)(H2,49,51,58)/t26-,27+,28-,29-,30-,31+,32-,33+,36+,37-/m1/s1. The molecular weight excluding hydrogens is 941 g/mol. The van der Waals surface area contributed by atoms with Crippen molar-refractivity contribution in [1.82, 2.24) is 10.6 Å². The molecule has 2 aromatic carbocycles. The maximum atomic E-state index is 13.6. The summed E-state index contributed by atoms with van der Waals surface area (Å²) in [5.41, 5.74) is 1.72. The molecule has 4 rings (SSSR count). The van der Waals surface area contributed by atoms with Gasteiger partial charge in [-0.2, -0.15) is 26.3 Å². The van der Waals surface area contributed by atoms with E-state index in [1.54, 1.807) is 0 Å². The van der Waals surface area contributed by atoms with Gasteiger partial charge in [0.15, 0.2) is 18.7 Å². The van der Waals surface area contributed by atoms with Gasteiger partial charge in [-0.25, -0.2) is 9.36 Å². The van der Waals surface area contributed by atoms with Gasteiger partial charge in [0.25, 0.3) is 5.91 Å². The normalized spacial score (nSPS) is 26.9. The van der Waals surface area contributed by atoms with Crippen molar-refractivity contribution in [3.05, 3.63) is 64.2 Å². The average molecular weight is 995 g/mol. The number of hydrogen-bond acceptors (Lipinski definition) is 13. The maximum Gasteiger partial charge on any atom is 0.474 e. The van der Waals surface area contributed by atoms with E-state index in [4.69, 9.17) is 40.6 Å². The first kappa shape index (κ1) is 55.0. The van der Waals surface area contributed by atoms with Crippen molar-refractivity contribution in [2.75, 3.05) is 18.5 Å². The van der Waals surface area contributed by atoms with Crippen LogP contribution in [0, 0.1) is 0 Å². The van der Waals surface area contributed by atoms with Crippen molar-refractivity contribution in [3.8, 4) is 0 Å². The molecule has 1 unspecified atom stereocenters. The molecule has 372 valence electrons. The number of anilines is 1. The minimum Gasteiger partial charge on any atom is -0.394 e. The molecule has 11 atom stereocenters. The number of primary amides is 1. The molecule has 0 aromatic heterocycles. The fraction of sp³-hybridized carbons (Fsp3) is 0.625. The lowest BCUT2D eigenvalue weighted by Gasteiger charge is -2.48. The highest BCUT2D eigenvalue weighted by Gasteiger charge is 2.55. The third kappa shape index (κ3) is 15.7. The molecule has 0 spiro atoms. The van der Waals surface area contributed by atoms with Gasteiger partial charge in [0, 0.05) is 11.3 Å². The number of carbonyl (C=O) groups excluding carboxylic acids is 3. The molecule has 2 saturated heterocycles. The lowest BCUT2D eigenvalue weighted by atomic mass is 9.94. The molecule has 4 amide bonds. The van der Waals surface area contributed by atoms with Crippen molar-refractivity contribution in [2.24, 2.45) is 5.73 Å². The second-order valence-corrected chi connectivity index (χ2v) is 17.4. The van der Waals surface area contributed by atoms with Crippen molar-refractivity contribution in [2.45, 2.75) is 145 Å². The number of benzene rings is 2. The molecule has 2 aliphatic rings. The Hall–Kier alpha value is -3.65. The molecule has 2 heterocycles. The number of nitrogens with two attached hydrogens (primary N) is 1. The van der Waals surface area contributed by atoms with Gasteiger partial charge < -0.3 is 61.2 Å². The van der Waals surface area contributed by atoms with E-state index in [0.29, 0.717) is 24.6 Å². The molecular formula is C40H54ClF6N4O14P. The van der Waals surface area contributed by atoms with E-state index in [1.165, 1.54) is 0 Å². The summed E-state index contributed by atoms with van der Waals surface area (Å²) in [6, 6.07) is -0.392. The Balaban J connectivity index is 1.66. The van der Waals surface area contributed by atoms with E-state index in [2.05, 4.69) is 22.9 Å². The summed E-state index contributed by atoms with van der Waals surface area (Å²) in [4.78, 5) is 50.3. The molecule has 2 aliphatic heterocycles. The number of phosphoric ester groups is 1. The Morgan fingerprint density at radius 1 is 0.818 bits per heavy atom. The van der Waals surface area contributed by atoms with E-state index >= 15 is 0 Å². The zero-order chi connectivity index (χ0) is 49.0. The van der Waals surface area contributed by atoms with Crippen molar-refractivity contribution < 1.29 is 93.9 Å². The fourth-order valence-electron chi connectivity index (χ4n) is 7.14. The molecule has 2 fully saturated rings. The zero-order valence-electron chi connectivity index (χ0n) is 35.4. The first-order chi connectivity index (χ1) is 31.0. The number of aliphatic hydroxyl groups is 4. The number of amides is 4. The van der Waals surface area contributed by atoms with Crippen molar-refractivity contribution in [1.29, 1.82) is 0 Å². The lowest BCUT2D eigenvalue weighted by Crippen LogP contribution is -2.70. The predicted molar refractivity (Wildman–Crippen MR) is 220 cm³/mol. The Morgan fingerprint density at radius 2 is 1.45 bits per heavy atom. The van der Waals surface area contributed by atoms with Gasteiger partial charge in [-0.3, -0.25) is 18.6 Å². The lowest BCUT2D eigenvalue weighted by molar-refractivity contribution is -0.325. The molecule has 10 N–H and O–H groups in total. The molecule has 18 nitrogen and oxygen atoms in total. The first-order valence-corrected chi connectivity index (χ1v) is 22.8. The number of phosphoric acid groups is 1. The number of aliphatic hydroxyl groups excluding tert-OH is 4. The number of ether oxygens (including phenoxy) is 3. The topological polar surface area (TPSA) is 278 Å². The number of urea groups is 1. The average Bonchev–Trinajstić information content (AvgIpc) is 3.24. The Kier molecular flexibility index (Phi) is 20.5. The minimum atomic E-state index is -5.30. The highest BCUT2D eigenvalue weighted by molar-refractivity contribution is 7.47. The Morgan fingerprint density at radius 3 is 2.05 bits per heavy atom. The number of carbonyl (C=O) groups is 3. The summed E-state index contributed by atoms with van der Waals surface area (Å²) in [6.07, 6.45) is -18.1. The minimum absolute atomic E-state index is 0.273. The largest absolute Gasteiger partial charge is 0.474 e. The number of alkyl halides is 6. The predicted octanol–water partition coefficient (Wildman–Crippen LogP) is 5.12. The number of nitrogens with one attached hydrogen (secondary N) is 3. The second-order valence-electron chi connectivity index (χ2n) is 15.6. The molecule has 26 heteroatoms. The van der Waals surface area contributed by atoms with Crippen LogP contribution in [0.5, 0.6) is 0 Å². The van der Waals surface area contributed by atoms with Crippen LogP contribution in [0.3, 0.4) is 0 Å². The van der Waals surface area contributed by atoms with E-state index < -0.39 is 133 Å². The monoisotopic (exact) mass is 994 g/mol. The summed E-state index contributed by atoms with van der Waals surface area (Å²) in [5.74, 6) is -2.76. The highest BCUT2D eigenvalue weighted by atomic mass is 35.5. The van der Waals surface area contributed by atoms with Gasteiger partial charge in [0.1, 0.15) is 36.6 Å². The molecule has 2 aromatic rings. The van der Waals surface area contributed by atoms with Crippen LogP contribution in [0.4, 0.5) is 36.8 Å². The summed E-state index contributed by atoms with van der Waals surface area (Å²) in [7, 11) is -5.30. The van der Waals surface area contributed by atoms with Crippen LogP contribution in [-0.2, 0) is 45.0 Å². The van der Waals surface area contributed by atoms with Gasteiger partial charge in [0.2, 0.25) is 5.91 Å². The van der Waals surface area contributed by atoms with E-state index in [-0.39, 0.29) is 13.0 Å². The van der Waals surface area contributed by atoms with Gasteiger partial charge in [0.05, 0.1) is 35.4 Å². The van der Waals surface area contributed by atoms with Crippen LogP contribution in [0.15, 0.2) is 42.5 Å². The highest BCUT2D eigenvalue weighted by Crippen LogP contribution is 2.47. The molecule has 0 radical (unpaired) electrons. The Bertz CT molecular complexity index is 1970. The summed E-state index contributed by atoms with van der Waals surface area (Å²) in [6.45, 7) is 0.711. The third-order valence-corrected chi connectivity index (χ3v) is 11.9. The first-order valence-electron chi connectivity index (χ1n) is 21.0. The van der Waals surface area contributed by atoms with Crippen molar-refractivity contribution in [3.63, 3.8) is 0 Å². The van der Waals surface area contributed by atoms with Gasteiger partial charge >= 0.3 is 26.2 Å². The second kappa shape index (κ2) is 24.6. The maximum absolute atomic E-state index is 13.6. The van der Waals surface area contributed by atoms with Crippen LogP contribution < -0.4 is 21.7 Å². The fourth-order valence-corrected chi connectivity index (χ4v) is 8.22. The number of hydrogen-bond donors (Lipinski definition) is 9. The smallest absolute Gasteiger partial charge is 0.394 e.